The lowest BCUT2D eigenvalue weighted by Gasteiger charge is -2.33. The summed E-state index contributed by atoms with van der Waals surface area (Å²) in [4.78, 5) is 22.1. The quantitative estimate of drug-likeness (QED) is 0.863. The molecule has 0 bridgehead atoms. The molecule has 2 aromatic heterocycles. The smallest absolute Gasteiger partial charge is 0.228 e. The number of pyridine rings is 1. The first kappa shape index (κ1) is 16.0. The van der Waals surface area contributed by atoms with Crippen molar-refractivity contribution in [2.75, 3.05) is 38.7 Å². The molecule has 1 fully saturated rings. The minimum Gasteiger partial charge on any atom is -0.368 e. The van der Waals surface area contributed by atoms with E-state index in [0.29, 0.717) is 26.1 Å². The maximum absolute atomic E-state index is 12.5. The summed E-state index contributed by atoms with van der Waals surface area (Å²) in [7, 11) is 3.93. The zero-order chi connectivity index (χ0) is 16.2. The highest BCUT2D eigenvalue weighted by molar-refractivity contribution is 7.10. The molecule has 1 amide bonds. The lowest BCUT2D eigenvalue weighted by Crippen LogP contribution is -2.43. The Labute approximate surface area is 140 Å². The van der Waals surface area contributed by atoms with Gasteiger partial charge in [0.2, 0.25) is 5.91 Å². The number of ether oxygens (including phenoxy) is 1. The van der Waals surface area contributed by atoms with Crippen molar-refractivity contribution in [3.05, 3.63) is 46.3 Å². The molecule has 1 aliphatic heterocycles. The number of morpholine rings is 1. The topological polar surface area (TPSA) is 45.7 Å². The van der Waals surface area contributed by atoms with Crippen LogP contribution in [0.4, 0.5) is 5.82 Å². The number of nitrogens with zero attached hydrogens (tertiary/aromatic N) is 3. The van der Waals surface area contributed by atoms with E-state index in [-0.39, 0.29) is 12.0 Å². The second-order valence-corrected chi connectivity index (χ2v) is 6.80. The minimum atomic E-state index is -0.157. The Morgan fingerprint density at radius 2 is 2.26 bits per heavy atom. The van der Waals surface area contributed by atoms with Gasteiger partial charge >= 0.3 is 0 Å². The number of aromatic nitrogens is 1. The zero-order valence-corrected chi connectivity index (χ0v) is 14.3. The van der Waals surface area contributed by atoms with Crippen molar-refractivity contribution in [2.45, 2.75) is 12.5 Å². The summed E-state index contributed by atoms with van der Waals surface area (Å²) in [5, 5.41) is 2.00. The highest BCUT2D eigenvalue weighted by Gasteiger charge is 2.26. The Kier molecular flexibility index (Phi) is 4.93. The summed E-state index contributed by atoms with van der Waals surface area (Å²) in [6.45, 7) is 1.76. The molecule has 1 aliphatic rings. The fraction of sp³-hybridized carbons (Fsp3) is 0.412. The summed E-state index contributed by atoms with van der Waals surface area (Å²) in [5.74, 6) is 1.05. The molecular formula is C17H21N3O2S. The SMILES string of the molecule is CN(C)c1cccc(C2CN(C(=O)Cc3cccs3)CCO2)n1. The van der Waals surface area contributed by atoms with Gasteiger partial charge in [0, 0.05) is 25.5 Å². The van der Waals surface area contributed by atoms with Gasteiger partial charge in [0.05, 0.1) is 25.3 Å². The zero-order valence-electron chi connectivity index (χ0n) is 13.4. The van der Waals surface area contributed by atoms with Gasteiger partial charge in [-0.15, -0.1) is 11.3 Å². The summed E-state index contributed by atoms with van der Waals surface area (Å²) in [6.07, 6.45) is 0.311. The van der Waals surface area contributed by atoms with Crippen LogP contribution >= 0.6 is 11.3 Å². The Bertz CT molecular complexity index is 658. The van der Waals surface area contributed by atoms with E-state index in [9.17, 15) is 4.79 Å². The summed E-state index contributed by atoms with van der Waals surface area (Å²) in [5.41, 5.74) is 0.879. The second-order valence-electron chi connectivity index (χ2n) is 5.77. The van der Waals surface area contributed by atoms with Crippen LogP contribution in [0.15, 0.2) is 35.7 Å². The van der Waals surface area contributed by atoms with Crippen LogP contribution in [0.1, 0.15) is 16.7 Å². The number of carbonyl (C=O) groups is 1. The molecule has 5 nitrogen and oxygen atoms in total. The van der Waals surface area contributed by atoms with E-state index in [0.717, 1.165) is 16.4 Å². The van der Waals surface area contributed by atoms with Crippen LogP contribution < -0.4 is 4.90 Å². The fourth-order valence-electron chi connectivity index (χ4n) is 2.60. The maximum atomic E-state index is 12.5. The number of carbonyl (C=O) groups excluding carboxylic acids is 1. The molecule has 2 aromatic rings. The Balaban J connectivity index is 1.68. The van der Waals surface area contributed by atoms with Crippen LogP contribution in [0, 0.1) is 0 Å². The minimum absolute atomic E-state index is 0.157. The third-order valence-corrected chi connectivity index (χ3v) is 4.75. The van der Waals surface area contributed by atoms with Crippen molar-refractivity contribution < 1.29 is 9.53 Å². The van der Waals surface area contributed by atoms with E-state index in [1.165, 1.54) is 0 Å². The molecule has 0 saturated carbocycles. The molecule has 0 N–H and O–H groups in total. The molecule has 122 valence electrons. The van der Waals surface area contributed by atoms with Crippen LogP contribution in [-0.2, 0) is 16.0 Å². The van der Waals surface area contributed by atoms with E-state index in [4.69, 9.17) is 4.74 Å². The van der Waals surface area contributed by atoms with Crippen molar-refractivity contribution in [3.63, 3.8) is 0 Å². The van der Waals surface area contributed by atoms with Gasteiger partial charge in [0.15, 0.2) is 0 Å². The lowest BCUT2D eigenvalue weighted by atomic mass is 10.1. The maximum Gasteiger partial charge on any atom is 0.228 e. The summed E-state index contributed by atoms with van der Waals surface area (Å²) >= 11 is 1.62. The van der Waals surface area contributed by atoms with E-state index in [1.807, 2.05) is 59.6 Å². The van der Waals surface area contributed by atoms with Gasteiger partial charge in [-0.2, -0.15) is 0 Å². The number of hydrogen-bond acceptors (Lipinski definition) is 5. The molecule has 3 rings (SSSR count). The standard InChI is InChI=1S/C17H21N3O2S/c1-19(2)16-7-3-6-14(18-16)15-12-20(8-9-22-15)17(21)11-13-5-4-10-23-13/h3-7,10,15H,8-9,11-12H2,1-2H3. The van der Waals surface area contributed by atoms with Gasteiger partial charge in [0.25, 0.3) is 0 Å². The Morgan fingerprint density at radius 3 is 3.00 bits per heavy atom. The van der Waals surface area contributed by atoms with Crippen molar-refractivity contribution in [3.8, 4) is 0 Å². The number of thiophene rings is 1. The first-order valence-corrected chi connectivity index (χ1v) is 8.57. The summed E-state index contributed by atoms with van der Waals surface area (Å²) in [6, 6.07) is 9.89. The Morgan fingerprint density at radius 1 is 1.39 bits per heavy atom. The van der Waals surface area contributed by atoms with Gasteiger partial charge in [-0.3, -0.25) is 4.79 Å². The van der Waals surface area contributed by atoms with Crippen molar-refractivity contribution in [2.24, 2.45) is 0 Å². The van der Waals surface area contributed by atoms with Gasteiger partial charge in [0.1, 0.15) is 11.9 Å². The number of amides is 1. The average Bonchev–Trinajstić information content (AvgIpc) is 3.08. The highest BCUT2D eigenvalue weighted by Crippen LogP contribution is 2.23. The predicted molar refractivity (Wildman–Crippen MR) is 91.9 cm³/mol. The van der Waals surface area contributed by atoms with E-state index >= 15 is 0 Å². The molecule has 23 heavy (non-hydrogen) atoms. The van der Waals surface area contributed by atoms with Crippen LogP contribution in [-0.4, -0.2) is 49.6 Å². The third kappa shape index (κ3) is 3.89. The van der Waals surface area contributed by atoms with Crippen molar-refractivity contribution in [1.82, 2.24) is 9.88 Å². The van der Waals surface area contributed by atoms with Crippen LogP contribution in [0.5, 0.6) is 0 Å². The first-order valence-electron chi connectivity index (χ1n) is 7.69. The van der Waals surface area contributed by atoms with Gasteiger partial charge in [-0.05, 0) is 23.6 Å². The second kappa shape index (κ2) is 7.10. The van der Waals surface area contributed by atoms with E-state index < -0.39 is 0 Å². The normalized spacial score (nSPS) is 18.0. The Hall–Kier alpha value is -1.92. The van der Waals surface area contributed by atoms with Crippen LogP contribution in [0.25, 0.3) is 0 Å². The number of hydrogen-bond donors (Lipinski definition) is 0. The van der Waals surface area contributed by atoms with Crippen LogP contribution in [0.3, 0.4) is 0 Å². The van der Waals surface area contributed by atoms with Gasteiger partial charge in [-0.25, -0.2) is 4.98 Å². The molecule has 0 aromatic carbocycles. The molecule has 1 saturated heterocycles. The van der Waals surface area contributed by atoms with E-state index in [1.54, 1.807) is 11.3 Å². The molecule has 1 unspecified atom stereocenters. The van der Waals surface area contributed by atoms with Crippen LogP contribution in [0.2, 0.25) is 0 Å². The molecule has 3 heterocycles. The monoisotopic (exact) mass is 331 g/mol. The average molecular weight is 331 g/mol. The number of rotatable bonds is 4. The molecule has 6 heteroatoms. The third-order valence-electron chi connectivity index (χ3n) is 3.87. The predicted octanol–water partition coefficient (Wildman–Crippen LogP) is 2.35. The number of anilines is 1. The van der Waals surface area contributed by atoms with Crippen molar-refractivity contribution in [1.29, 1.82) is 0 Å². The summed E-state index contributed by atoms with van der Waals surface area (Å²) < 4.78 is 5.84. The lowest BCUT2D eigenvalue weighted by molar-refractivity contribution is -0.138. The molecule has 0 aliphatic carbocycles. The first-order chi connectivity index (χ1) is 11.1. The van der Waals surface area contributed by atoms with Crippen molar-refractivity contribution >= 4 is 23.1 Å². The van der Waals surface area contributed by atoms with E-state index in [2.05, 4.69) is 4.98 Å². The van der Waals surface area contributed by atoms with Gasteiger partial charge in [-0.1, -0.05) is 12.1 Å². The molecular weight excluding hydrogens is 310 g/mol. The molecule has 0 spiro atoms. The molecule has 1 atom stereocenters. The van der Waals surface area contributed by atoms with Gasteiger partial charge < -0.3 is 14.5 Å². The fourth-order valence-corrected chi connectivity index (χ4v) is 3.29. The molecule has 0 radical (unpaired) electrons. The largest absolute Gasteiger partial charge is 0.368 e. The highest BCUT2D eigenvalue weighted by atomic mass is 32.1.